The third-order valence-electron chi connectivity index (χ3n) is 4.04. The fraction of sp³-hybridized carbons (Fsp3) is 0.125. The van der Waals surface area contributed by atoms with Crippen LogP contribution >= 0.6 is 0 Å². The van der Waals surface area contributed by atoms with Crippen molar-refractivity contribution < 1.29 is 14.7 Å². The van der Waals surface area contributed by atoms with Crippen LogP contribution in [0.25, 0.3) is 5.69 Å². The van der Waals surface area contributed by atoms with Crippen molar-refractivity contribution in [1.82, 2.24) is 20.0 Å². The standard InChI is InChI=1S/C16H13N5O3/c22-12-8-10(13-14(16(23)24)19-20-15(13)18-12)11-6-7-17-21(11)9-4-2-1-3-5-9/h1-7,10H,8H2,(H,23,24)(H2,18,19,20,22)/t10-/m1/s1. The van der Waals surface area contributed by atoms with E-state index in [0.29, 0.717) is 5.56 Å². The molecular weight excluding hydrogens is 310 g/mol. The number of carbonyl (C=O) groups is 2. The van der Waals surface area contributed by atoms with Crippen LogP contribution in [0.1, 0.15) is 34.1 Å². The number of H-pyrrole nitrogens is 1. The Labute approximate surface area is 136 Å². The van der Waals surface area contributed by atoms with Crippen molar-refractivity contribution in [1.29, 1.82) is 0 Å². The first-order valence-electron chi connectivity index (χ1n) is 7.36. The first kappa shape index (κ1) is 14.2. The summed E-state index contributed by atoms with van der Waals surface area (Å²) in [6, 6.07) is 11.3. The van der Waals surface area contributed by atoms with Gasteiger partial charge in [-0.15, -0.1) is 0 Å². The monoisotopic (exact) mass is 323 g/mol. The van der Waals surface area contributed by atoms with Crippen molar-refractivity contribution in [3.05, 3.63) is 59.5 Å². The second-order valence-electron chi connectivity index (χ2n) is 5.47. The van der Waals surface area contributed by atoms with E-state index in [4.69, 9.17) is 0 Å². The molecule has 1 atom stereocenters. The summed E-state index contributed by atoms with van der Waals surface area (Å²) >= 11 is 0. The number of carbonyl (C=O) groups excluding carboxylic acids is 1. The van der Waals surface area contributed by atoms with Gasteiger partial charge in [-0.3, -0.25) is 9.89 Å². The summed E-state index contributed by atoms with van der Waals surface area (Å²) in [6.45, 7) is 0. The first-order valence-corrected chi connectivity index (χ1v) is 7.36. The Bertz CT molecular complexity index is 928. The van der Waals surface area contributed by atoms with Crippen LogP contribution in [0.15, 0.2) is 42.6 Å². The minimum Gasteiger partial charge on any atom is -0.477 e. The van der Waals surface area contributed by atoms with Gasteiger partial charge in [0, 0.05) is 24.1 Å². The Hall–Kier alpha value is -3.42. The van der Waals surface area contributed by atoms with E-state index >= 15 is 0 Å². The average molecular weight is 323 g/mol. The second kappa shape index (κ2) is 5.34. The molecule has 1 aliphatic heterocycles. The molecule has 2 aromatic heterocycles. The number of hydrogen-bond donors (Lipinski definition) is 3. The van der Waals surface area contributed by atoms with Crippen LogP contribution in [0.4, 0.5) is 5.82 Å². The van der Waals surface area contributed by atoms with Crippen LogP contribution in [0.5, 0.6) is 0 Å². The minimum absolute atomic E-state index is 0.0178. The molecule has 0 bridgehead atoms. The maximum Gasteiger partial charge on any atom is 0.354 e. The normalized spacial score (nSPS) is 16.5. The van der Waals surface area contributed by atoms with Gasteiger partial charge in [0.2, 0.25) is 5.91 Å². The van der Waals surface area contributed by atoms with Crippen molar-refractivity contribution in [2.75, 3.05) is 5.32 Å². The molecule has 0 saturated heterocycles. The number of fused-ring (bicyclic) bond motifs is 1. The highest BCUT2D eigenvalue weighted by molar-refractivity contribution is 5.98. The quantitative estimate of drug-likeness (QED) is 0.680. The lowest BCUT2D eigenvalue weighted by Crippen LogP contribution is -2.25. The van der Waals surface area contributed by atoms with Gasteiger partial charge in [0.25, 0.3) is 0 Å². The van der Waals surface area contributed by atoms with Crippen LogP contribution < -0.4 is 5.32 Å². The maximum atomic E-state index is 12.0. The fourth-order valence-electron chi connectivity index (χ4n) is 3.03. The zero-order valence-corrected chi connectivity index (χ0v) is 12.4. The zero-order valence-electron chi connectivity index (χ0n) is 12.4. The van der Waals surface area contributed by atoms with Crippen LogP contribution in [0.2, 0.25) is 0 Å². The Balaban J connectivity index is 1.88. The van der Waals surface area contributed by atoms with E-state index < -0.39 is 11.9 Å². The summed E-state index contributed by atoms with van der Waals surface area (Å²) in [5.41, 5.74) is 2.03. The molecule has 1 aliphatic rings. The van der Waals surface area contributed by atoms with E-state index in [1.807, 2.05) is 30.3 Å². The predicted molar refractivity (Wildman–Crippen MR) is 84.2 cm³/mol. The topological polar surface area (TPSA) is 113 Å². The van der Waals surface area contributed by atoms with Gasteiger partial charge in [-0.1, -0.05) is 18.2 Å². The molecule has 0 saturated carbocycles. The van der Waals surface area contributed by atoms with Gasteiger partial charge in [-0.25, -0.2) is 9.48 Å². The summed E-state index contributed by atoms with van der Waals surface area (Å²) in [4.78, 5) is 23.5. The molecule has 3 N–H and O–H groups in total. The molecule has 1 amide bonds. The lowest BCUT2D eigenvalue weighted by atomic mass is 9.89. The second-order valence-corrected chi connectivity index (χ2v) is 5.47. The van der Waals surface area contributed by atoms with Gasteiger partial charge in [0.1, 0.15) is 5.69 Å². The molecule has 0 unspecified atom stereocenters. The van der Waals surface area contributed by atoms with Crippen molar-refractivity contribution in [2.45, 2.75) is 12.3 Å². The number of aromatic nitrogens is 4. The molecule has 120 valence electrons. The van der Waals surface area contributed by atoms with E-state index in [9.17, 15) is 14.7 Å². The molecule has 24 heavy (non-hydrogen) atoms. The Morgan fingerprint density at radius 2 is 2.04 bits per heavy atom. The Kier molecular flexibility index (Phi) is 3.16. The summed E-state index contributed by atoms with van der Waals surface area (Å²) in [5, 5.41) is 22.7. The number of nitrogens with one attached hydrogen (secondary N) is 2. The van der Waals surface area contributed by atoms with Crippen LogP contribution in [0.3, 0.4) is 0 Å². The van der Waals surface area contributed by atoms with E-state index in [0.717, 1.165) is 11.4 Å². The third kappa shape index (κ3) is 2.16. The first-order chi connectivity index (χ1) is 11.6. The van der Waals surface area contributed by atoms with Crippen LogP contribution in [-0.2, 0) is 4.79 Å². The summed E-state index contributed by atoms with van der Waals surface area (Å²) in [5.74, 6) is -1.51. The SMILES string of the molecule is O=C1C[C@H](c2ccnn2-c2ccccc2)c2c(n[nH]c2C(=O)O)N1. The molecule has 8 heteroatoms. The van der Waals surface area contributed by atoms with Gasteiger partial charge in [0.15, 0.2) is 5.82 Å². The number of aromatic amines is 1. The van der Waals surface area contributed by atoms with E-state index in [-0.39, 0.29) is 23.8 Å². The number of para-hydroxylation sites is 1. The molecule has 4 rings (SSSR count). The van der Waals surface area contributed by atoms with E-state index in [1.54, 1.807) is 16.9 Å². The maximum absolute atomic E-state index is 12.0. The average Bonchev–Trinajstić information content (AvgIpc) is 3.21. The number of nitrogens with zero attached hydrogens (tertiary/aromatic N) is 3. The number of carboxylic acid groups (broad SMARTS) is 1. The van der Waals surface area contributed by atoms with Crippen LogP contribution in [0, 0.1) is 0 Å². The van der Waals surface area contributed by atoms with Crippen molar-refractivity contribution >= 4 is 17.7 Å². The smallest absolute Gasteiger partial charge is 0.354 e. The molecule has 0 spiro atoms. The zero-order chi connectivity index (χ0) is 16.7. The van der Waals surface area contributed by atoms with Crippen molar-refractivity contribution in [3.8, 4) is 5.69 Å². The number of hydrogen-bond acceptors (Lipinski definition) is 4. The number of benzene rings is 1. The number of carboxylic acids is 1. The highest BCUT2D eigenvalue weighted by Crippen LogP contribution is 2.38. The van der Waals surface area contributed by atoms with Gasteiger partial charge >= 0.3 is 5.97 Å². The van der Waals surface area contributed by atoms with Gasteiger partial charge in [0.05, 0.1) is 11.4 Å². The lowest BCUT2D eigenvalue weighted by molar-refractivity contribution is -0.116. The highest BCUT2D eigenvalue weighted by atomic mass is 16.4. The van der Waals surface area contributed by atoms with Crippen LogP contribution in [-0.4, -0.2) is 37.0 Å². The molecular formula is C16H13N5O3. The Morgan fingerprint density at radius 3 is 2.79 bits per heavy atom. The molecule has 1 aromatic carbocycles. The predicted octanol–water partition coefficient (Wildman–Crippen LogP) is 1.77. The number of rotatable bonds is 3. The lowest BCUT2D eigenvalue weighted by Gasteiger charge is -2.23. The van der Waals surface area contributed by atoms with Gasteiger partial charge < -0.3 is 10.4 Å². The Morgan fingerprint density at radius 1 is 1.25 bits per heavy atom. The molecule has 0 fully saturated rings. The van der Waals surface area contributed by atoms with E-state index in [2.05, 4.69) is 20.6 Å². The fourth-order valence-corrected chi connectivity index (χ4v) is 3.03. The minimum atomic E-state index is -1.12. The van der Waals surface area contributed by atoms with E-state index in [1.165, 1.54) is 0 Å². The summed E-state index contributed by atoms with van der Waals surface area (Å²) < 4.78 is 1.71. The van der Waals surface area contributed by atoms with Crippen molar-refractivity contribution in [2.24, 2.45) is 0 Å². The largest absolute Gasteiger partial charge is 0.477 e. The molecule has 3 aromatic rings. The molecule has 0 aliphatic carbocycles. The summed E-state index contributed by atoms with van der Waals surface area (Å²) in [7, 11) is 0. The molecule has 8 nitrogen and oxygen atoms in total. The number of aromatic carboxylic acids is 1. The number of amides is 1. The molecule has 0 radical (unpaired) electrons. The van der Waals surface area contributed by atoms with Gasteiger partial charge in [-0.05, 0) is 18.2 Å². The third-order valence-corrected chi connectivity index (χ3v) is 4.04. The summed E-state index contributed by atoms with van der Waals surface area (Å²) in [6.07, 6.45) is 1.76. The van der Waals surface area contributed by atoms with Crippen molar-refractivity contribution in [3.63, 3.8) is 0 Å². The van der Waals surface area contributed by atoms with Gasteiger partial charge in [-0.2, -0.15) is 10.2 Å². The number of anilines is 1. The highest BCUT2D eigenvalue weighted by Gasteiger charge is 2.35. The molecule has 3 heterocycles.